The number of nitrogens with zero attached hydrogens (tertiary/aromatic N) is 3. The summed E-state index contributed by atoms with van der Waals surface area (Å²) >= 11 is 2.87. The second-order valence-electron chi connectivity index (χ2n) is 8.77. The molecular weight excluding hydrogens is 548 g/mol. The molecule has 0 atom stereocenters. The van der Waals surface area contributed by atoms with Crippen LogP contribution in [0.15, 0.2) is 65.7 Å². The predicted molar refractivity (Wildman–Crippen MR) is 157 cm³/mol. The first-order valence-electron chi connectivity index (χ1n) is 12.2. The quantitative estimate of drug-likeness (QED) is 0.144. The maximum Gasteiger partial charge on any atom is 0.337 e. The van der Waals surface area contributed by atoms with E-state index in [0.29, 0.717) is 17.5 Å². The minimum atomic E-state index is -0.644. The summed E-state index contributed by atoms with van der Waals surface area (Å²) in [5.74, 6) is -0.942. The Morgan fingerprint density at radius 2 is 1.68 bits per heavy atom. The molecule has 4 aromatic rings. The Bertz CT molecular complexity index is 1540. The van der Waals surface area contributed by atoms with Gasteiger partial charge in [0.1, 0.15) is 0 Å². The van der Waals surface area contributed by atoms with Crippen LogP contribution < -0.4 is 5.32 Å². The number of hydrogen-bond donors (Lipinski definition) is 1. The standard InChI is InChI=1S/C29H28N4O5S2/c1-6-11-33-26(23-15-39-18(3)25(23)19-9-7-17(2)8-10-19)31-32-29(33)40-16-24(34)30-22-13-20(27(35)37-4)12-21(14-22)28(36)38-5/h6-10,12-15H,1,11,16H2,2-5H3,(H,30,34). The van der Waals surface area contributed by atoms with Gasteiger partial charge in [-0.15, -0.1) is 28.1 Å². The number of rotatable bonds is 10. The molecule has 206 valence electrons. The third-order valence-electron chi connectivity index (χ3n) is 5.98. The molecule has 9 nitrogen and oxygen atoms in total. The number of methoxy groups -OCH3 is 2. The van der Waals surface area contributed by atoms with Crippen molar-refractivity contribution >= 4 is 46.6 Å². The van der Waals surface area contributed by atoms with E-state index in [4.69, 9.17) is 9.47 Å². The minimum absolute atomic E-state index is 0.0127. The molecule has 0 bridgehead atoms. The lowest BCUT2D eigenvalue weighted by Gasteiger charge is -2.11. The zero-order valence-electron chi connectivity index (χ0n) is 22.5. The Balaban J connectivity index is 1.56. The average molecular weight is 577 g/mol. The summed E-state index contributed by atoms with van der Waals surface area (Å²) in [5.41, 5.74) is 4.83. The largest absolute Gasteiger partial charge is 0.465 e. The summed E-state index contributed by atoms with van der Waals surface area (Å²) in [6.07, 6.45) is 1.76. The van der Waals surface area contributed by atoms with Gasteiger partial charge in [0.05, 0.1) is 31.1 Å². The number of nitrogens with one attached hydrogen (secondary N) is 1. The van der Waals surface area contributed by atoms with Gasteiger partial charge in [-0.3, -0.25) is 9.36 Å². The highest BCUT2D eigenvalue weighted by atomic mass is 32.2. The molecule has 0 unspecified atom stereocenters. The molecule has 2 aromatic heterocycles. The maximum absolute atomic E-state index is 12.9. The van der Waals surface area contributed by atoms with Crippen LogP contribution in [0.4, 0.5) is 5.69 Å². The normalized spacial score (nSPS) is 10.7. The van der Waals surface area contributed by atoms with E-state index < -0.39 is 11.9 Å². The molecule has 0 saturated carbocycles. The molecule has 1 N–H and O–H groups in total. The molecule has 0 spiro atoms. The summed E-state index contributed by atoms with van der Waals surface area (Å²) in [5, 5.41) is 14.2. The number of carbonyl (C=O) groups excluding carboxylic acids is 3. The molecule has 2 heterocycles. The smallest absolute Gasteiger partial charge is 0.337 e. The first-order valence-corrected chi connectivity index (χ1v) is 14.1. The number of carbonyl (C=O) groups is 3. The van der Waals surface area contributed by atoms with E-state index >= 15 is 0 Å². The fourth-order valence-electron chi connectivity index (χ4n) is 4.09. The summed E-state index contributed by atoms with van der Waals surface area (Å²) < 4.78 is 11.4. The number of aromatic nitrogens is 3. The van der Waals surface area contributed by atoms with Gasteiger partial charge in [0, 0.05) is 33.6 Å². The predicted octanol–water partition coefficient (Wildman–Crippen LogP) is 5.78. The Kier molecular flexibility index (Phi) is 9.18. The van der Waals surface area contributed by atoms with E-state index in [1.807, 2.05) is 4.57 Å². The van der Waals surface area contributed by atoms with Gasteiger partial charge >= 0.3 is 11.9 Å². The zero-order valence-corrected chi connectivity index (χ0v) is 24.1. The number of hydrogen-bond acceptors (Lipinski definition) is 9. The van der Waals surface area contributed by atoms with Crippen LogP contribution in [0.2, 0.25) is 0 Å². The van der Waals surface area contributed by atoms with Crippen molar-refractivity contribution in [3.8, 4) is 22.5 Å². The molecule has 0 aliphatic carbocycles. The number of amides is 1. The highest BCUT2D eigenvalue weighted by molar-refractivity contribution is 7.99. The molecule has 0 radical (unpaired) electrons. The van der Waals surface area contributed by atoms with E-state index in [1.54, 1.807) is 17.4 Å². The number of ether oxygens (including phenoxy) is 2. The van der Waals surface area contributed by atoms with E-state index in [2.05, 4.69) is 65.6 Å². The van der Waals surface area contributed by atoms with Crippen LogP contribution in [0.1, 0.15) is 31.2 Å². The van der Waals surface area contributed by atoms with Gasteiger partial charge in [-0.1, -0.05) is 47.7 Å². The molecular formula is C29H28N4O5S2. The van der Waals surface area contributed by atoms with Gasteiger partial charge in [-0.25, -0.2) is 9.59 Å². The van der Waals surface area contributed by atoms with Crippen molar-refractivity contribution in [3.05, 3.63) is 82.1 Å². The summed E-state index contributed by atoms with van der Waals surface area (Å²) in [4.78, 5) is 38.1. The molecule has 0 fully saturated rings. The van der Waals surface area contributed by atoms with Crippen LogP contribution in [0.25, 0.3) is 22.5 Å². The monoisotopic (exact) mass is 576 g/mol. The van der Waals surface area contributed by atoms with Gasteiger partial charge in [-0.2, -0.15) is 0 Å². The van der Waals surface area contributed by atoms with Crippen molar-refractivity contribution < 1.29 is 23.9 Å². The first kappa shape index (κ1) is 28.8. The van der Waals surface area contributed by atoms with E-state index in [0.717, 1.165) is 16.7 Å². The Hall–Kier alpha value is -4.22. The van der Waals surface area contributed by atoms with Crippen molar-refractivity contribution in [3.63, 3.8) is 0 Å². The van der Waals surface area contributed by atoms with Crippen LogP contribution in [0.3, 0.4) is 0 Å². The van der Waals surface area contributed by atoms with Gasteiger partial charge in [0.25, 0.3) is 0 Å². The number of thiophene rings is 1. The number of aryl methyl sites for hydroxylation is 2. The SMILES string of the molecule is C=CCn1c(SCC(=O)Nc2cc(C(=O)OC)cc(C(=O)OC)c2)nnc1-c1csc(C)c1-c1ccc(C)cc1. The zero-order chi connectivity index (χ0) is 28.8. The highest BCUT2D eigenvalue weighted by Gasteiger charge is 2.21. The molecule has 0 saturated heterocycles. The van der Waals surface area contributed by atoms with Crippen molar-refractivity contribution in [1.82, 2.24) is 14.8 Å². The lowest BCUT2D eigenvalue weighted by Crippen LogP contribution is -2.16. The van der Waals surface area contributed by atoms with Crippen LogP contribution in [0.5, 0.6) is 0 Å². The molecule has 4 rings (SSSR count). The Labute approximate surface area is 240 Å². The average Bonchev–Trinajstić information content (AvgIpc) is 3.53. The lowest BCUT2D eigenvalue weighted by atomic mass is 10.0. The van der Waals surface area contributed by atoms with Gasteiger partial charge in [-0.05, 0) is 37.6 Å². The summed E-state index contributed by atoms with van der Waals surface area (Å²) in [7, 11) is 2.47. The summed E-state index contributed by atoms with van der Waals surface area (Å²) in [6, 6.07) is 12.6. The fourth-order valence-corrected chi connectivity index (χ4v) is 5.70. The lowest BCUT2D eigenvalue weighted by molar-refractivity contribution is -0.113. The number of thioether (sulfide) groups is 1. The van der Waals surface area contributed by atoms with Gasteiger partial charge in [0.15, 0.2) is 11.0 Å². The Morgan fingerprint density at radius 3 is 2.27 bits per heavy atom. The topological polar surface area (TPSA) is 112 Å². The van der Waals surface area contributed by atoms with Crippen LogP contribution in [-0.2, 0) is 20.8 Å². The number of allylic oxidation sites excluding steroid dienone is 1. The first-order chi connectivity index (χ1) is 19.2. The Morgan fingerprint density at radius 1 is 1.02 bits per heavy atom. The van der Waals surface area contributed by atoms with E-state index in [-0.39, 0.29) is 28.5 Å². The number of esters is 2. The summed E-state index contributed by atoms with van der Waals surface area (Å²) in [6.45, 7) is 8.47. The molecule has 40 heavy (non-hydrogen) atoms. The van der Waals surface area contributed by atoms with E-state index in [9.17, 15) is 14.4 Å². The van der Waals surface area contributed by atoms with Gasteiger partial charge < -0.3 is 14.8 Å². The molecule has 1 amide bonds. The molecule has 2 aromatic carbocycles. The van der Waals surface area contributed by atoms with Crippen molar-refractivity contribution in [2.45, 2.75) is 25.5 Å². The second-order valence-corrected chi connectivity index (χ2v) is 10.8. The maximum atomic E-state index is 12.9. The van der Waals surface area contributed by atoms with Crippen molar-refractivity contribution in [2.75, 3.05) is 25.3 Å². The van der Waals surface area contributed by atoms with Crippen LogP contribution in [0, 0.1) is 13.8 Å². The third-order valence-corrected chi connectivity index (χ3v) is 7.85. The number of anilines is 1. The van der Waals surface area contributed by atoms with Crippen LogP contribution in [-0.4, -0.2) is 52.6 Å². The third kappa shape index (κ3) is 6.32. The second kappa shape index (κ2) is 12.8. The van der Waals surface area contributed by atoms with Crippen molar-refractivity contribution in [2.24, 2.45) is 0 Å². The fraction of sp³-hybridized carbons (Fsp3) is 0.207. The van der Waals surface area contributed by atoms with Crippen LogP contribution >= 0.6 is 23.1 Å². The highest BCUT2D eigenvalue weighted by Crippen LogP contribution is 2.39. The molecule has 11 heteroatoms. The minimum Gasteiger partial charge on any atom is -0.465 e. The molecule has 0 aliphatic rings. The van der Waals surface area contributed by atoms with Crippen molar-refractivity contribution in [1.29, 1.82) is 0 Å². The number of benzene rings is 2. The molecule has 0 aliphatic heterocycles. The van der Waals surface area contributed by atoms with E-state index in [1.165, 1.54) is 54.6 Å². The van der Waals surface area contributed by atoms with Gasteiger partial charge in [0.2, 0.25) is 5.91 Å².